The van der Waals surface area contributed by atoms with Crippen LogP contribution in [0.2, 0.25) is 0 Å². The summed E-state index contributed by atoms with van der Waals surface area (Å²) < 4.78 is 5.13. The zero-order valence-corrected chi connectivity index (χ0v) is 12.7. The molecule has 1 amide bonds. The standard InChI is InChI=1S/C17H19N3O2/c1-12-16(20-10-4-3-5-15(20)19-12)17(21)18-11-13-6-8-14(22-2)9-7-13/h3-10,15,19H,11H2,1-2H3,(H,18,21). The molecule has 1 aromatic carbocycles. The van der Waals surface area contributed by atoms with Gasteiger partial charge in [-0.1, -0.05) is 18.2 Å². The number of amides is 1. The third-order valence-corrected chi connectivity index (χ3v) is 3.76. The number of hydrogen-bond donors (Lipinski definition) is 2. The summed E-state index contributed by atoms with van der Waals surface area (Å²) in [5.74, 6) is 0.727. The highest BCUT2D eigenvalue weighted by atomic mass is 16.5. The second kappa shape index (κ2) is 5.97. The fourth-order valence-electron chi connectivity index (χ4n) is 2.61. The molecule has 0 fully saturated rings. The molecule has 3 rings (SSSR count). The molecule has 5 nitrogen and oxygen atoms in total. The number of carbonyl (C=O) groups excluding carboxylic acids is 1. The SMILES string of the molecule is COc1ccc(CNC(=O)C2=C(C)NC3C=CC=CN23)cc1. The summed E-state index contributed by atoms with van der Waals surface area (Å²) in [4.78, 5) is 14.4. The normalized spacial score (nSPS) is 19.0. The zero-order chi connectivity index (χ0) is 15.5. The van der Waals surface area contributed by atoms with Crippen molar-refractivity contribution < 1.29 is 9.53 Å². The molecule has 0 aliphatic carbocycles. The number of hydrogen-bond acceptors (Lipinski definition) is 4. The fraction of sp³-hybridized carbons (Fsp3) is 0.235. The van der Waals surface area contributed by atoms with Crippen molar-refractivity contribution in [1.82, 2.24) is 15.5 Å². The van der Waals surface area contributed by atoms with Gasteiger partial charge in [0, 0.05) is 18.4 Å². The van der Waals surface area contributed by atoms with Gasteiger partial charge in [0.1, 0.15) is 17.6 Å². The van der Waals surface area contributed by atoms with Crippen molar-refractivity contribution in [2.45, 2.75) is 19.6 Å². The zero-order valence-electron chi connectivity index (χ0n) is 12.7. The van der Waals surface area contributed by atoms with Gasteiger partial charge in [-0.25, -0.2) is 0 Å². The number of benzene rings is 1. The van der Waals surface area contributed by atoms with E-state index in [-0.39, 0.29) is 12.1 Å². The molecular formula is C17H19N3O2. The van der Waals surface area contributed by atoms with E-state index in [9.17, 15) is 4.79 Å². The number of allylic oxidation sites excluding steroid dienone is 3. The van der Waals surface area contributed by atoms with Crippen molar-refractivity contribution in [2.24, 2.45) is 0 Å². The van der Waals surface area contributed by atoms with Crippen molar-refractivity contribution in [1.29, 1.82) is 0 Å². The minimum absolute atomic E-state index is 0.0340. The Balaban J connectivity index is 1.65. The first-order valence-corrected chi connectivity index (χ1v) is 7.21. The summed E-state index contributed by atoms with van der Waals surface area (Å²) in [6, 6.07) is 7.66. The Hall–Kier alpha value is -2.69. The number of carbonyl (C=O) groups is 1. The van der Waals surface area contributed by atoms with E-state index in [0.29, 0.717) is 12.2 Å². The highest BCUT2D eigenvalue weighted by Gasteiger charge is 2.31. The first-order chi connectivity index (χ1) is 10.7. The molecular weight excluding hydrogens is 278 g/mol. The second-order valence-corrected chi connectivity index (χ2v) is 5.23. The molecule has 1 unspecified atom stereocenters. The topological polar surface area (TPSA) is 53.6 Å². The van der Waals surface area contributed by atoms with Crippen LogP contribution in [0.3, 0.4) is 0 Å². The van der Waals surface area contributed by atoms with Crippen LogP contribution in [0, 0.1) is 0 Å². The van der Waals surface area contributed by atoms with Crippen LogP contribution in [0.1, 0.15) is 12.5 Å². The van der Waals surface area contributed by atoms with Crippen molar-refractivity contribution in [2.75, 3.05) is 7.11 Å². The van der Waals surface area contributed by atoms with Gasteiger partial charge in [0.2, 0.25) is 0 Å². The van der Waals surface area contributed by atoms with Gasteiger partial charge in [0.25, 0.3) is 5.91 Å². The number of nitrogens with one attached hydrogen (secondary N) is 2. The van der Waals surface area contributed by atoms with E-state index in [1.54, 1.807) is 7.11 Å². The third-order valence-electron chi connectivity index (χ3n) is 3.76. The Morgan fingerprint density at radius 1 is 1.32 bits per heavy atom. The lowest BCUT2D eigenvalue weighted by atomic mass is 10.2. The van der Waals surface area contributed by atoms with Crippen molar-refractivity contribution in [3.63, 3.8) is 0 Å². The molecule has 1 aromatic rings. The number of fused-ring (bicyclic) bond motifs is 1. The number of nitrogens with zero attached hydrogens (tertiary/aromatic N) is 1. The summed E-state index contributed by atoms with van der Waals surface area (Å²) in [5, 5.41) is 6.25. The van der Waals surface area contributed by atoms with Crippen LogP contribution in [0.5, 0.6) is 5.75 Å². The van der Waals surface area contributed by atoms with E-state index < -0.39 is 0 Å². The average molecular weight is 297 g/mol. The lowest BCUT2D eigenvalue weighted by molar-refractivity contribution is -0.118. The first kappa shape index (κ1) is 14.3. The monoisotopic (exact) mass is 297 g/mol. The molecule has 2 aliphatic heterocycles. The van der Waals surface area contributed by atoms with Gasteiger partial charge in [-0.05, 0) is 36.8 Å². The van der Waals surface area contributed by atoms with Gasteiger partial charge in [-0.3, -0.25) is 4.79 Å². The molecule has 0 saturated carbocycles. The predicted molar refractivity (Wildman–Crippen MR) is 84.6 cm³/mol. The molecule has 2 heterocycles. The lowest BCUT2D eigenvalue weighted by Crippen LogP contribution is -2.37. The molecule has 0 spiro atoms. The van der Waals surface area contributed by atoms with E-state index in [2.05, 4.69) is 10.6 Å². The van der Waals surface area contributed by atoms with Crippen LogP contribution in [0.25, 0.3) is 0 Å². The van der Waals surface area contributed by atoms with Crippen LogP contribution in [0.15, 0.2) is 60.1 Å². The van der Waals surface area contributed by atoms with Crippen LogP contribution >= 0.6 is 0 Å². The smallest absolute Gasteiger partial charge is 0.270 e. The van der Waals surface area contributed by atoms with Gasteiger partial charge in [0.05, 0.1) is 7.11 Å². The van der Waals surface area contributed by atoms with Gasteiger partial charge in [-0.2, -0.15) is 0 Å². The predicted octanol–water partition coefficient (Wildman–Crippen LogP) is 1.86. The maximum absolute atomic E-state index is 12.5. The van der Waals surface area contributed by atoms with Gasteiger partial charge >= 0.3 is 0 Å². The molecule has 0 aromatic heterocycles. The Kier molecular flexibility index (Phi) is 3.87. The van der Waals surface area contributed by atoms with E-state index in [1.807, 2.05) is 60.5 Å². The van der Waals surface area contributed by atoms with Gasteiger partial charge < -0.3 is 20.3 Å². The number of ether oxygens (including phenoxy) is 1. The number of methoxy groups -OCH3 is 1. The van der Waals surface area contributed by atoms with Crippen molar-refractivity contribution >= 4 is 5.91 Å². The Bertz CT molecular complexity index is 659. The largest absolute Gasteiger partial charge is 0.497 e. The molecule has 114 valence electrons. The second-order valence-electron chi connectivity index (χ2n) is 5.23. The van der Waals surface area contributed by atoms with Crippen molar-refractivity contribution in [3.05, 3.63) is 65.7 Å². The molecule has 2 aliphatic rings. The molecule has 0 radical (unpaired) electrons. The summed E-state index contributed by atoms with van der Waals surface area (Å²) in [7, 11) is 1.64. The average Bonchev–Trinajstić information content (AvgIpc) is 2.89. The Labute approximate surface area is 129 Å². The van der Waals surface area contributed by atoms with E-state index in [4.69, 9.17) is 4.74 Å². The molecule has 0 saturated heterocycles. The molecule has 22 heavy (non-hydrogen) atoms. The van der Waals surface area contributed by atoms with E-state index >= 15 is 0 Å². The van der Waals surface area contributed by atoms with Crippen LogP contribution in [-0.2, 0) is 11.3 Å². The number of rotatable bonds is 4. The van der Waals surface area contributed by atoms with Crippen LogP contribution in [0.4, 0.5) is 0 Å². The summed E-state index contributed by atoms with van der Waals surface area (Å²) in [6.45, 7) is 2.40. The van der Waals surface area contributed by atoms with Crippen molar-refractivity contribution in [3.8, 4) is 5.75 Å². The molecule has 5 heteroatoms. The third kappa shape index (κ3) is 2.70. The fourth-order valence-corrected chi connectivity index (χ4v) is 2.61. The van der Waals surface area contributed by atoms with Gasteiger partial charge in [-0.15, -0.1) is 0 Å². The lowest BCUT2D eigenvalue weighted by Gasteiger charge is -2.24. The molecule has 1 atom stereocenters. The highest BCUT2D eigenvalue weighted by molar-refractivity contribution is 5.94. The van der Waals surface area contributed by atoms with E-state index in [1.165, 1.54) is 0 Å². The minimum Gasteiger partial charge on any atom is -0.497 e. The van der Waals surface area contributed by atoms with E-state index in [0.717, 1.165) is 17.0 Å². The Morgan fingerprint density at radius 2 is 2.09 bits per heavy atom. The quantitative estimate of drug-likeness (QED) is 0.890. The first-order valence-electron chi connectivity index (χ1n) is 7.21. The molecule has 0 bridgehead atoms. The summed E-state index contributed by atoms with van der Waals surface area (Å²) in [6.07, 6.45) is 7.86. The minimum atomic E-state index is -0.0803. The Morgan fingerprint density at radius 3 is 2.82 bits per heavy atom. The summed E-state index contributed by atoms with van der Waals surface area (Å²) in [5.41, 5.74) is 2.58. The maximum Gasteiger partial charge on any atom is 0.270 e. The van der Waals surface area contributed by atoms with Crippen LogP contribution < -0.4 is 15.4 Å². The maximum atomic E-state index is 12.5. The van der Waals surface area contributed by atoms with Gasteiger partial charge in [0.15, 0.2) is 0 Å². The highest BCUT2D eigenvalue weighted by Crippen LogP contribution is 2.23. The summed E-state index contributed by atoms with van der Waals surface area (Å²) >= 11 is 0. The van der Waals surface area contributed by atoms with Crippen LogP contribution in [-0.4, -0.2) is 24.1 Å². The molecule has 2 N–H and O–H groups in total.